The van der Waals surface area contributed by atoms with E-state index in [0.29, 0.717) is 31.2 Å². The molecule has 33 heavy (non-hydrogen) atoms. The molecule has 2 aliphatic heterocycles. The van der Waals surface area contributed by atoms with Crippen molar-refractivity contribution in [2.24, 2.45) is 0 Å². The molecule has 9 heteroatoms. The number of pyridine rings is 1. The molecule has 0 spiro atoms. The molecule has 1 aromatic carbocycles. The van der Waals surface area contributed by atoms with Crippen LogP contribution in [0.3, 0.4) is 0 Å². The Morgan fingerprint density at radius 2 is 2.06 bits per heavy atom. The first kappa shape index (κ1) is 21.7. The third-order valence-electron chi connectivity index (χ3n) is 6.25. The van der Waals surface area contributed by atoms with Gasteiger partial charge >= 0.3 is 6.03 Å². The van der Waals surface area contributed by atoms with Crippen LogP contribution in [0.5, 0.6) is 0 Å². The van der Waals surface area contributed by atoms with Crippen molar-refractivity contribution in [2.75, 3.05) is 32.6 Å². The van der Waals surface area contributed by atoms with Gasteiger partial charge in [0.05, 0.1) is 17.5 Å². The number of nitrogens with zero attached hydrogens (tertiary/aromatic N) is 2. The summed E-state index contributed by atoms with van der Waals surface area (Å²) in [5, 5.41) is 4.05. The molecule has 1 saturated heterocycles. The zero-order chi connectivity index (χ0) is 23.0. The molecule has 1 atom stereocenters. The smallest absolute Gasteiger partial charge is 0.317 e. The molecule has 0 aliphatic carbocycles. The van der Waals surface area contributed by atoms with Gasteiger partial charge < -0.3 is 19.9 Å². The summed E-state index contributed by atoms with van der Waals surface area (Å²) >= 11 is 0. The highest BCUT2D eigenvalue weighted by atomic mass is 32.2. The SMILES string of the molecule is CS(=O)(=O)c1ccc(-c2cnc3[nH]cc(C4=CCN(C(=O)NC5CCOC5)CC4)c3c2)cc1. The average Bonchev–Trinajstić information content (AvgIpc) is 3.48. The van der Waals surface area contributed by atoms with E-state index in [-0.39, 0.29) is 12.1 Å². The largest absolute Gasteiger partial charge is 0.379 e. The summed E-state index contributed by atoms with van der Waals surface area (Å²) in [5.41, 5.74) is 4.88. The number of nitrogens with one attached hydrogen (secondary N) is 2. The zero-order valence-corrected chi connectivity index (χ0v) is 19.2. The normalized spacial score (nSPS) is 19.0. The lowest BCUT2D eigenvalue weighted by atomic mass is 9.98. The zero-order valence-electron chi connectivity index (χ0n) is 18.4. The Hall–Kier alpha value is -3.17. The topological polar surface area (TPSA) is 104 Å². The van der Waals surface area contributed by atoms with Crippen LogP contribution < -0.4 is 5.32 Å². The molecule has 1 unspecified atom stereocenters. The van der Waals surface area contributed by atoms with Gasteiger partial charge in [-0.15, -0.1) is 0 Å². The molecule has 2 aliphatic rings. The maximum absolute atomic E-state index is 12.5. The van der Waals surface area contributed by atoms with Gasteiger partial charge in [0.1, 0.15) is 5.65 Å². The van der Waals surface area contributed by atoms with Crippen molar-refractivity contribution in [2.45, 2.75) is 23.8 Å². The Labute approximate surface area is 192 Å². The van der Waals surface area contributed by atoms with E-state index < -0.39 is 9.84 Å². The first-order chi connectivity index (χ1) is 15.9. The Kier molecular flexibility index (Phi) is 5.67. The number of hydrogen-bond donors (Lipinski definition) is 2. The molecule has 0 saturated carbocycles. The molecule has 1 fully saturated rings. The summed E-state index contributed by atoms with van der Waals surface area (Å²) in [6, 6.07) is 8.98. The van der Waals surface area contributed by atoms with Gasteiger partial charge in [-0.2, -0.15) is 0 Å². The van der Waals surface area contributed by atoms with Gasteiger partial charge in [-0.25, -0.2) is 18.2 Å². The van der Waals surface area contributed by atoms with Gasteiger partial charge in [-0.05, 0) is 42.2 Å². The van der Waals surface area contributed by atoms with Gasteiger partial charge in [0.25, 0.3) is 0 Å². The second-order valence-corrected chi connectivity index (χ2v) is 10.6. The van der Waals surface area contributed by atoms with Gasteiger partial charge in [0.2, 0.25) is 0 Å². The molecule has 172 valence electrons. The molecular formula is C24H26N4O4S. The average molecular weight is 467 g/mol. The fourth-order valence-electron chi connectivity index (χ4n) is 4.33. The quantitative estimate of drug-likeness (QED) is 0.614. The van der Waals surface area contributed by atoms with Crippen LogP contribution in [0, 0.1) is 0 Å². The van der Waals surface area contributed by atoms with Crippen LogP contribution in [0.4, 0.5) is 4.79 Å². The second-order valence-electron chi connectivity index (χ2n) is 8.55. The molecule has 3 aromatic rings. The highest BCUT2D eigenvalue weighted by Crippen LogP contribution is 2.31. The van der Waals surface area contributed by atoms with Crippen LogP contribution in [0.25, 0.3) is 27.7 Å². The summed E-state index contributed by atoms with van der Waals surface area (Å²) in [7, 11) is -3.23. The van der Waals surface area contributed by atoms with Crippen molar-refractivity contribution in [1.82, 2.24) is 20.2 Å². The van der Waals surface area contributed by atoms with Crippen LogP contribution >= 0.6 is 0 Å². The Bertz CT molecular complexity index is 1320. The third kappa shape index (κ3) is 4.51. The van der Waals surface area contributed by atoms with Crippen molar-refractivity contribution in [1.29, 1.82) is 0 Å². The summed E-state index contributed by atoms with van der Waals surface area (Å²) < 4.78 is 28.8. The maximum Gasteiger partial charge on any atom is 0.317 e. The van der Waals surface area contributed by atoms with E-state index in [4.69, 9.17) is 4.74 Å². The maximum atomic E-state index is 12.5. The number of H-pyrrole nitrogens is 1. The van der Waals surface area contributed by atoms with E-state index in [1.54, 1.807) is 30.5 Å². The second kappa shape index (κ2) is 8.64. The summed E-state index contributed by atoms with van der Waals surface area (Å²) in [6.45, 7) is 2.50. The standard InChI is InChI=1S/C24H26N4O4S/c1-33(30,31)20-4-2-16(3-5-20)18-12-21-22(14-26-23(21)25-13-18)17-6-9-28(10-7-17)24(29)27-19-8-11-32-15-19/h2-6,12-14,19H,7-11,15H2,1H3,(H,25,26)(H,27,29). The van der Waals surface area contributed by atoms with Gasteiger partial charge in [0, 0.05) is 54.9 Å². The number of rotatable bonds is 4. The minimum atomic E-state index is -3.23. The number of aromatic nitrogens is 2. The predicted molar refractivity (Wildman–Crippen MR) is 127 cm³/mol. The molecule has 5 rings (SSSR count). The van der Waals surface area contributed by atoms with Crippen LogP contribution in [0.1, 0.15) is 18.4 Å². The monoisotopic (exact) mass is 466 g/mol. The molecule has 8 nitrogen and oxygen atoms in total. The van der Waals surface area contributed by atoms with Crippen LogP contribution in [0.2, 0.25) is 0 Å². The van der Waals surface area contributed by atoms with E-state index in [2.05, 4.69) is 27.4 Å². The number of benzene rings is 1. The van der Waals surface area contributed by atoms with E-state index in [1.165, 1.54) is 11.8 Å². The minimum absolute atomic E-state index is 0.0405. The summed E-state index contributed by atoms with van der Waals surface area (Å²) in [6.07, 6.45) is 8.67. The number of aromatic amines is 1. The van der Waals surface area contributed by atoms with Crippen molar-refractivity contribution in [3.63, 3.8) is 0 Å². The lowest BCUT2D eigenvalue weighted by Crippen LogP contribution is -2.46. The lowest BCUT2D eigenvalue weighted by Gasteiger charge is -2.27. The van der Waals surface area contributed by atoms with E-state index in [1.807, 2.05) is 11.1 Å². The Morgan fingerprint density at radius 3 is 2.73 bits per heavy atom. The number of hydrogen-bond acceptors (Lipinski definition) is 5. The summed E-state index contributed by atoms with van der Waals surface area (Å²) in [4.78, 5) is 22.4. The van der Waals surface area contributed by atoms with Crippen molar-refractivity contribution < 1.29 is 17.9 Å². The van der Waals surface area contributed by atoms with E-state index in [0.717, 1.165) is 40.6 Å². The van der Waals surface area contributed by atoms with Crippen LogP contribution in [-0.4, -0.2) is 67.9 Å². The molecule has 2 amide bonds. The highest BCUT2D eigenvalue weighted by Gasteiger charge is 2.23. The molecule has 2 aromatic heterocycles. The fraction of sp³-hybridized carbons (Fsp3) is 0.333. The van der Waals surface area contributed by atoms with Crippen LogP contribution in [0.15, 0.2) is 53.7 Å². The van der Waals surface area contributed by atoms with Crippen molar-refractivity contribution in [3.8, 4) is 11.1 Å². The predicted octanol–water partition coefficient (Wildman–Crippen LogP) is 3.22. The van der Waals surface area contributed by atoms with Crippen LogP contribution in [-0.2, 0) is 14.6 Å². The van der Waals surface area contributed by atoms with Crippen molar-refractivity contribution in [3.05, 3.63) is 54.4 Å². The number of ether oxygens (including phenoxy) is 1. The number of carbonyl (C=O) groups excluding carboxylic acids is 1. The highest BCUT2D eigenvalue weighted by molar-refractivity contribution is 7.90. The fourth-order valence-corrected chi connectivity index (χ4v) is 4.96. The number of urea groups is 1. The van der Waals surface area contributed by atoms with Gasteiger partial charge in [0.15, 0.2) is 9.84 Å². The lowest BCUT2D eigenvalue weighted by molar-refractivity contribution is 0.180. The van der Waals surface area contributed by atoms with Gasteiger partial charge in [-0.3, -0.25) is 0 Å². The first-order valence-corrected chi connectivity index (χ1v) is 12.9. The molecule has 4 heterocycles. The van der Waals surface area contributed by atoms with E-state index in [9.17, 15) is 13.2 Å². The Morgan fingerprint density at radius 1 is 1.24 bits per heavy atom. The van der Waals surface area contributed by atoms with E-state index >= 15 is 0 Å². The Balaban J connectivity index is 1.36. The number of amides is 2. The minimum Gasteiger partial charge on any atom is -0.379 e. The number of sulfone groups is 1. The molecule has 0 radical (unpaired) electrons. The number of carbonyl (C=O) groups is 1. The number of fused-ring (bicyclic) bond motifs is 1. The first-order valence-electron chi connectivity index (χ1n) is 11.0. The van der Waals surface area contributed by atoms with Crippen molar-refractivity contribution >= 4 is 32.5 Å². The van der Waals surface area contributed by atoms with Gasteiger partial charge in [-0.1, -0.05) is 18.2 Å². The molecular weight excluding hydrogens is 440 g/mol. The molecule has 0 bridgehead atoms. The third-order valence-corrected chi connectivity index (χ3v) is 7.37. The summed E-state index contributed by atoms with van der Waals surface area (Å²) in [5.74, 6) is 0. The molecule has 2 N–H and O–H groups in total.